The molecule has 0 saturated carbocycles. The van der Waals surface area contributed by atoms with E-state index in [0.29, 0.717) is 6.54 Å². The summed E-state index contributed by atoms with van der Waals surface area (Å²) in [6, 6.07) is 0. The summed E-state index contributed by atoms with van der Waals surface area (Å²) < 4.78 is 25.1. The maximum atomic E-state index is 11.6. The average Bonchev–Trinajstić information content (AvgIpc) is 2.80. The van der Waals surface area contributed by atoms with Gasteiger partial charge in [-0.3, -0.25) is 9.59 Å². The Morgan fingerprint density at radius 2 is 1.12 bits per heavy atom. The van der Waals surface area contributed by atoms with Gasteiger partial charge in [0.2, 0.25) is 11.8 Å². The van der Waals surface area contributed by atoms with Crippen molar-refractivity contribution in [1.29, 1.82) is 0 Å². The lowest BCUT2D eigenvalue weighted by Crippen LogP contribution is -2.33. The highest BCUT2D eigenvalue weighted by molar-refractivity contribution is 5.83. The molecule has 14 nitrogen and oxygen atoms in total. The fourth-order valence-corrected chi connectivity index (χ4v) is 2.06. The Morgan fingerprint density at radius 3 is 1.71 bits per heavy atom. The first kappa shape index (κ1) is 31.0. The van der Waals surface area contributed by atoms with Gasteiger partial charge in [0.25, 0.3) is 0 Å². The molecule has 0 heterocycles. The Labute approximate surface area is 198 Å². The van der Waals surface area contributed by atoms with Crippen molar-refractivity contribution >= 4 is 29.8 Å². The van der Waals surface area contributed by atoms with Crippen molar-refractivity contribution < 1.29 is 47.7 Å². The highest BCUT2D eigenvalue weighted by atomic mass is 16.6. The number of Topliss-reactive ketones (excluding diaryl/α,β-unsaturated/α-hetero) is 1. The molecule has 0 aromatic rings. The second kappa shape index (κ2) is 21.9. The SMILES string of the molecule is CNC(=O)OCCOCCNC(=O)COCCNC(=O)OCCOCCNC(=O)CCC(C)=O. The third kappa shape index (κ3) is 22.2. The van der Waals surface area contributed by atoms with Gasteiger partial charge in [0, 0.05) is 39.5 Å². The van der Waals surface area contributed by atoms with Crippen LogP contribution in [0.3, 0.4) is 0 Å². The zero-order chi connectivity index (χ0) is 25.4. The van der Waals surface area contributed by atoms with Crippen LogP contribution in [0.5, 0.6) is 0 Å². The minimum atomic E-state index is -0.647. The number of amides is 4. The molecular formula is C20H36N4O10. The average molecular weight is 493 g/mol. The highest BCUT2D eigenvalue weighted by Gasteiger charge is 2.05. The van der Waals surface area contributed by atoms with Gasteiger partial charge in [0.05, 0.1) is 33.0 Å². The van der Waals surface area contributed by atoms with Crippen molar-refractivity contribution in [3.63, 3.8) is 0 Å². The Balaban J connectivity index is 3.41. The van der Waals surface area contributed by atoms with Crippen molar-refractivity contribution in [2.75, 3.05) is 79.5 Å². The molecule has 0 fully saturated rings. The number of alkyl carbamates (subject to hydrolysis) is 2. The molecule has 0 unspecified atom stereocenters. The molecule has 0 atom stereocenters. The van der Waals surface area contributed by atoms with Crippen LogP contribution < -0.4 is 21.3 Å². The van der Waals surface area contributed by atoms with Crippen LogP contribution >= 0.6 is 0 Å². The minimum Gasteiger partial charge on any atom is -0.447 e. The van der Waals surface area contributed by atoms with E-state index in [2.05, 4.69) is 21.3 Å². The summed E-state index contributed by atoms with van der Waals surface area (Å²) in [4.78, 5) is 56.0. The molecule has 0 spiro atoms. The van der Waals surface area contributed by atoms with Crippen molar-refractivity contribution in [3.05, 3.63) is 0 Å². The van der Waals surface area contributed by atoms with Crippen LogP contribution in [0.1, 0.15) is 19.8 Å². The van der Waals surface area contributed by atoms with Crippen LogP contribution in [0.4, 0.5) is 9.59 Å². The first-order chi connectivity index (χ1) is 16.3. The molecule has 196 valence electrons. The number of nitrogens with one attached hydrogen (secondary N) is 4. The fraction of sp³-hybridized carbons (Fsp3) is 0.750. The van der Waals surface area contributed by atoms with Crippen molar-refractivity contribution in [2.24, 2.45) is 0 Å². The normalized spacial score (nSPS) is 10.2. The summed E-state index contributed by atoms with van der Waals surface area (Å²) in [6.45, 7) is 3.16. The number of ether oxygens (including phenoxy) is 5. The lowest BCUT2D eigenvalue weighted by Gasteiger charge is -2.09. The molecule has 0 aromatic carbocycles. The van der Waals surface area contributed by atoms with Gasteiger partial charge in [-0.15, -0.1) is 0 Å². The van der Waals surface area contributed by atoms with Gasteiger partial charge in [-0.1, -0.05) is 0 Å². The molecule has 0 aliphatic rings. The van der Waals surface area contributed by atoms with Crippen LogP contribution in [-0.4, -0.2) is 109 Å². The molecule has 4 N–H and O–H groups in total. The molecule has 0 aromatic heterocycles. The maximum Gasteiger partial charge on any atom is 0.407 e. The van der Waals surface area contributed by atoms with E-state index in [-0.39, 0.29) is 96.4 Å². The second-order valence-corrected chi connectivity index (χ2v) is 6.63. The van der Waals surface area contributed by atoms with Gasteiger partial charge in [-0.25, -0.2) is 9.59 Å². The van der Waals surface area contributed by atoms with Crippen LogP contribution in [0.15, 0.2) is 0 Å². The van der Waals surface area contributed by atoms with E-state index < -0.39 is 12.2 Å². The molecule has 4 amide bonds. The lowest BCUT2D eigenvalue weighted by atomic mass is 10.2. The predicted octanol–water partition coefficient (Wildman–Crippen LogP) is -1.28. The Kier molecular flexibility index (Phi) is 19.9. The molecule has 0 aliphatic carbocycles. The van der Waals surface area contributed by atoms with Crippen molar-refractivity contribution in [1.82, 2.24) is 21.3 Å². The number of rotatable bonds is 20. The molecule has 14 heteroatoms. The molecule has 0 bridgehead atoms. The number of carbonyl (C=O) groups excluding carboxylic acids is 5. The fourth-order valence-electron chi connectivity index (χ4n) is 2.06. The zero-order valence-corrected chi connectivity index (χ0v) is 19.8. The molecule has 34 heavy (non-hydrogen) atoms. The van der Waals surface area contributed by atoms with Gasteiger partial charge in [-0.05, 0) is 6.92 Å². The third-order valence-electron chi connectivity index (χ3n) is 3.72. The minimum absolute atomic E-state index is 0.0351. The largest absolute Gasteiger partial charge is 0.447 e. The van der Waals surface area contributed by atoms with Crippen molar-refractivity contribution in [3.8, 4) is 0 Å². The Morgan fingerprint density at radius 1 is 0.588 bits per heavy atom. The number of hydrogen-bond acceptors (Lipinski definition) is 10. The molecular weight excluding hydrogens is 456 g/mol. The van der Waals surface area contributed by atoms with Crippen molar-refractivity contribution in [2.45, 2.75) is 19.8 Å². The number of hydrogen-bond donors (Lipinski definition) is 4. The summed E-state index contributed by atoms with van der Waals surface area (Å²) in [5, 5.41) is 9.96. The number of ketones is 1. The standard InChI is InChI=1S/C20H36N4O10/c1-16(25)3-4-17(26)22-5-8-30-12-14-34-20(29)24-7-10-32-15-18(27)23-6-9-31-11-13-33-19(28)21-2/h3-15H2,1-2H3,(H,21,28)(H,22,26)(H,23,27)(H,24,29). The predicted molar refractivity (Wildman–Crippen MR) is 118 cm³/mol. The highest BCUT2D eigenvalue weighted by Crippen LogP contribution is 1.89. The van der Waals surface area contributed by atoms with Crippen LogP contribution in [0.2, 0.25) is 0 Å². The van der Waals surface area contributed by atoms with Gasteiger partial charge >= 0.3 is 12.2 Å². The van der Waals surface area contributed by atoms with E-state index in [9.17, 15) is 24.0 Å². The van der Waals surface area contributed by atoms with Crippen LogP contribution in [0.25, 0.3) is 0 Å². The molecule has 0 rings (SSSR count). The third-order valence-corrected chi connectivity index (χ3v) is 3.72. The molecule has 0 radical (unpaired) electrons. The topological polar surface area (TPSA) is 180 Å². The smallest absolute Gasteiger partial charge is 0.407 e. The van der Waals surface area contributed by atoms with Gasteiger partial charge < -0.3 is 49.7 Å². The van der Waals surface area contributed by atoms with Gasteiger partial charge in [-0.2, -0.15) is 0 Å². The van der Waals surface area contributed by atoms with Crippen LogP contribution in [-0.2, 0) is 38.1 Å². The maximum absolute atomic E-state index is 11.6. The summed E-state index contributed by atoms with van der Waals surface area (Å²) in [7, 11) is 1.45. The van der Waals surface area contributed by atoms with Crippen LogP contribution in [0, 0.1) is 0 Å². The van der Waals surface area contributed by atoms with Gasteiger partial charge in [0.15, 0.2) is 0 Å². The first-order valence-electron chi connectivity index (χ1n) is 10.9. The second-order valence-electron chi connectivity index (χ2n) is 6.63. The summed E-state index contributed by atoms with van der Waals surface area (Å²) in [6.07, 6.45) is -0.820. The Hall–Kier alpha value is -2.97. The molecule has 0 saturated heterocycles. The summed E-state index contributed by atoms with van der Waals surface area (Å²) in [5.74, 6) is -0.593. The molecule has 0 aliphatic heterocycles. The Bertz CT molecular complexity index is 618. The first-order valence-corrected chi connectivity index (χ1v) is 10.9. The summed E-state index contributed by atoms with van der Waals surface area (Å²) >= 11 is 0. The zero-order valence-electron chi connectivity index (χ0n) is 19.8. The number of carbonyl (C=O) groups is 5. The lowest BCUT2D eigenvalue weighted by molar-refractivity contribution is -0.126. The monoisotopic (exact) mass is 492 g/mol. The summed E-state index contributed by atoms with van der Waals surface area (Å²) in [5.41, 5.74) is 0. The van der Waals surface area contributed by atoms with E-state index in [1.165, 1.54) is 14.0 Å². The quantitative estimate of drug-likeness (QED) is 0.150. The van der Waals surface area contributed by atoms with E-state index >= 15 is 0 Å². The van der Waals surface area contributed by atoms with E-state index in [1.54, 1.807) is 0 Å². The van der Waals surface area contributed by atoms with E-state index in [4.69, 9.17) is 23.7 Å². The van der Waals surface area contributed by atoms with E-state index in [0.717, 1.165) is 0 Å². The van der Waals surface area contributed by atoms with E-state index in [1.807, 2.05) is 0 Å². The van der Waals surface area contributed by atoms with Gasteiger partial charge in [0.1, 0.15) is 25.6 Å².